The van der Waals surface area contributed by atoms with Crippen LogP contribution < -0.4 is 10.6 Å². The molecule has 0 aliphatic rings. The van der Waals surface area contributed by atoms with Crippen molar-refractivity contribution in [3.05, 3.63) is 18.0 Å². The first-order valence-electron chi connectivity index (χ1n) is 3.01. The molecule has 0 bridgehead atoms. The van der Waals surface area contributed by atoms with Crippen molar-refractivity contribution in [3.8, 4) is 0 Å². The molecule has 0 saturated heterocycles. The Labute approximate surface area is 73.3 Å². The van der Waals surface area contributed by atoms with E-state index in [4.69, 9.17) is 22.6 Å². The standard InChI is InChI=1S/C6H6ClN3O2/c7-10-4-3(8)1-2-9-5(4)6(11)12/h1-2,10H,(H2,8,9)(H,11,12). The fraction of sp³-hybridized carbons (Fsp3) is 0. The van der Waals surface area contributed by atoms with Crippen LogP contribution in [0.4, 0.5) is 11.4 Å². The summed E-state index contributed by atoms with van der Waals surface area (Å²) >= 11 is 5.25. The number of hydrogen-bond acceptors (Lipinski definition) is 4. The number of pyridine rings is 1. The first kappa shape index (κ1) is 8.61. The predicted octanol–water partition coefficient (Wildman–Crippen LogP) is 0.928. The van der Waals surface area contributed by atoms with Gasteiger partial charge >= 0.3 is 5.97 Å². The highest BCUT2D eigenvalue weighted by molar-refractivity contribution is 6.25. The van der Waals surface area contributed by atoms with Crippen LogP contribution in [0.3, 0.4) is 0 Å². The van der Waals surface area contributed by atoms with Crippen molar-refractivity contribution >= 4 is 29.1 Å². The molecule has 1 aromatic rings. The van der Waals surface area contributed by atoms with E-state index in [1.54, 1.807) is 0 Å². The van der Waals surface area contributed by atoms with Gasteiger partial charge in [-0.05, 0) is 6.07 Å². The molecule has 0 radical (unpaired) electrons. The minimum atomic E-state index is -1.18. The molecular weight excluding hydrogens is 182 g/mol. The smallest absolute Gasteiger partial charge is 0.356 e. The average Bonchev–Trinajstić information content (AvgIpc) is 2.03. The monoisotopic (exact) mass is 187 g/mol. The Bertz CT molecular complexity index is 316. The second-order valence-electron chi connectivity index (χ2n) is 2.02. The molecule has 1 heterocycles. The first-order valence-corrected chi connectivity index (χ1v) is 3.39. The van der Waals surface area contributed by atoms with Gasteiger partial charge in [0.25, 0.3) is 0 Å². The number of aromatic carboxylic acids is 1. The maximum atomic E-state index is 10.5. The second kappa shape index (κ2) is 3.27. The minimum Gasteiger partial charge on any atom is -0.476 e. The van der Waals surface area contributed by atoms with Crippen molar-refractivity contribution in [1.82, 2.24) is 4.98 Å². The van der Waals surface area contributed by atoms with E-state index in [-0.39, 0.29) is 17.1 Å². The molecule has 0 amide bonds. The number of halogens is 1. The third-order valence-corrected chi connectivity index (χ3v) is 1.47. The quantitative estimate of drug-likeness (QED) is 0.600. The number of carboxylic acid groups (broad SMARTS) is 1. The fourth-order valence-electron chi connectivity index (χ4n) is 0.738. The number of anilines is 2. The molecule has 0 aliphatic heterocycles. The molecule has 6 heteroatoms. The summed E-state index contributed by atoms with van der Waals surface area (Å²) in [5.74, 6) is -1.18. The number of carbonyl (C=O) groups is 1. The molecule has 0 unspecified atom stereocenters. The highest BCUT2D eigenvalue weighted by Crippen LogP contribution is 2.21. The Hall–Kier alpha value is -1.49. The van der Waals surface area contributed by atoms with Gasteiger partial charge in [0.05, 0.1) is 5.69 Å². The molecule has 1 aromatic heterocycles. The normalized spacial score (nSPS) is 9.42. The Balaban J connectivity index is 3.27. The van der Waals surface area contributed by atoms with Crippen LogP contribution in [0.25, 0.3) is 0 Å². The number of carboxylic acids is 1. The Kier molecular flexibility index (Phi) is 2.35. The van der Waals surface area contributed by atoms with E-state index in [1.807, 2.05) is 0 Å². The van der Waals surface area contributed by atoms with Crippen LogP contribution in [-0.2, 0) is 0 Å². The van der Waals surface area contributed by atoms with Crippen LogP contribution in [0.1, 0.15) is 10.5 Å². The molecule has 4 N–H and O–H groups in total. The molecule has 0 aromatic carbocycles. The molecule has 5 nitrogen and oxygen atoms in total. The lowest BCUT2D eigenvalue weighted by molar-refractivity contribution is 0.0692. The molecule has 0 fully saturated rings. The van der Waals surface area contributed by atoms with Crippen LogP contribution in [-0.4, -0.2) is 16.1 Å². The average molecular weight is 188 g/mol. The van der Waals surface area contributed by atoms with Crippen molar-refractivity contribution in [2.75, 3.05) is 10.6 Å². The van der Waals surface area contributed by atoms with Crippen molar-refractivity contribution in [3.63, 3.8) is 0 Å². The molecule has 1 rings (SSSR count). The molecule has 0 saturated carbocycles. The Morgan fingerprint density at radius 2 is 2.42 bits per heavy atom. The van der Waals surface area contributed by atoms with Gasteiger partial charge in [-0.15, -0.1) is 0 Å². The van der Waals surface area contributed by atoms with Crippen LogP contribution in [0, 0.1) is 0 Å². The molecule has 12 heavy (non-hydrogen) atoms. The van der Waals surface area contributed by atoms with Gasteiger partial charge in [0.15, 0.2) is 5.69 Å². The third-order valence-electron chi connectivity index (χ3n) is 1.28. The number of nitrogens with two attached hydrogens (primary N) is 1. The van der Waals surface area contributed by atoms with Crippen LogP contribution in [0.15, 0.2) is 12.3 Å². The zero-order valence-electron chi connectivity index (χ0n) is 5.91. The summed E-state index contributed by atoms with van der Waals surface area (Å²) < 4.78 is 0. The lowest BCUT2D eigenvalue weighted by Gasteiger charge is -2.04. The SMILES string of the molecule is Nc1ccnc(C(=O)O)c1NCl. The lowest BCUT2D eigenvalue weighted by Crippen LogP contribution is -2.05. The maximum Gasteiger partial charge on any atom is 0.356 e. The van der Waals surface area contributed by atoms with Gasteiger partial charge < -0.3 is 10.8 Å². The van der Waals surface area contributed by atoms with E-state index in [9.17, 15) is 4.79 Å². The van der Waals surface area contributed by atoms with Gasteiger partial charge in [0, 0.05) is 18.0 Å². The summed E-state index contributed by atoms with van der Waals surface area (Å²) in [5.41, 5.74) is 5.59. The summed E-state index contributed by atoms with van der Waals surface area (Å²) in [4.78, 5) is 16.2. The van der Waals surface area contributed by atoms with Gasteiger partial charge in [0.2, 0.25) is 0 Å². The van der Waals surface area contributed by atoms with Crippen molar-refractivity contribution in [2.24, 2.45) is 0 Å². The first-order chi connectivity index (χ1) is 5.66. The third kappa shape index (κ3) is 1.40. The van der Waals surface area contributed by atoms with Crippen LogP contribution in [0.5, 0.6) is 0 Å². The van der Waals surface area contributed by atoms with E-state index in [0.717, 1.165) is 0 Å². The van der Waals surface area contributed by atoms with Gasteiger partial charge in [-0.1, -0.05) is 0 Å². The van der Waals surface area contributed by atoms with E-state index in [1.165, 1.54) is 12.3 Å². The van der Waals surface area contributed by atoms with Crippen molar-refractivity contribution in [2.45, 2.75) is 0 Å². The highest BCUT2D eigenvalue weighted by atomic mass is 35.5. The summed E-state index contributed by atoms with van der Waals surface area (Å²) in [6, 6.07) is 1.46. The number of nitrogens with one attached hydrogen (secondary N) is 1. The lowest BCUT2D eigenvalue weighted by atomic mass is 10.2. The highest BCUT2D eigenvalue weighted by Gasteiger charge is 2.12. The van der Waals surface area contributed by atoms with E-state index in [2.05, 4.69) is 9.82 Å². The van der Waals surface area contributed by atoms with Crippen molar-refractivity contribution in [1.29, 1.82) is 0 Å². The summed E-state index contributed by atoms with van der Waals surface area (Å²) in [5, 5.41) is 8.60. The van der Waals surface area contributed by atoms with Gasteiger partial charge in [0.1, 0.15) is 5.69 Å². The van der Waals surface area contributed by atoms with Crippen molar-refractivity contribution < 1.29 is 9.90 Å². The molecule has 64 valence electrons. The zero-order chi connectivity index (χ0) is 9.14. The zero-order valence-corrected chi connectivity index (χ0v) is 6.67. The van der Waals surface area contributed by atoms with Crippen LogP contribution >= 0.6 is 11.8 Å². The van der Waals surface area contributed by atoms with Crippen LogP contribution in [0.2, 0.25) is 0 Å². The number of nitrogens with zero attached hydrogens (tertiary/aromatic N) is 1. The summed E-state index contributed by atoms with van der Waals surface area (Å²) in [6.07, 6.45) is 1.30. The number of nitrogen functional groups attached to an aromatic ring is 1. The number of rotatable bonds is 2. The van der Waals surface area contributed by atoms with Gasteiger partial charge in [-0.25, -0.2) is 9.78 Å². The molecule has 0 aliphatic carbocycles. The fourth-order valence-corrected chi connectivity index (χ4v) is 0.937. The number of hydrogen-bond donors (Lipinski definition) is 3. The number of aromatic nitrogens is 1. The van der Waals surface area contributed by atoms with Gasteiger partial charge in [-0.3, -0.25) is 4.84 Å². The Morgan fingerprint density at radius 1 is 1.75 bits per heavy atom. The predicted molar refractivity (Wildman–Crippen MR) is 45.1 cm³/mol. The summed E-state index contributed by atoms with van der Waals surface area (Å²) in [6.45, 7) is 0. The minimum absolute atomic E-state index is 0.117. The van der Waals surface area contributed by atoms with E-state index >= 15 is 0 Å². The Morgan fingerprint density at radius 3 is 2.83 bits per heavy atom. The largest absolute Gasteiger partial charge is 0.476 e. The van der Waals surface area contributed by atoms with E-state index in [0.29, 0.717) is 0 Å². The van der Waals surface area contributed by atoms with E-state index < -0.39 is 5.97 Å². The molecular formula is C6H6ClN3O2. The summed E-state index contributed by atoms with van der Waals surface area (Å²) in [7, 11) is 0. The molecule has 0 spiro atoms. The van der Waals surface area contributed by atoms with Gasteiger partial charge in [-0.2, -0.15) is 0 Å². The second-order valence-corrected chi connectivity index (χ2v) is 2.21. The molecule has 0 atom stereocenters. The topological polar surface area (TPSA) is 88.2 Å². The maximum absolute atomic E-state index is 10.5.